The molecule has 0 aliphatic rings. The SMILES string of the molecule is N#Cc1cnn(-c2ccccn2)c1Nc1ccc(-c2ccc(F)cc2)nn1. The number of nitriles is 1. The molecule has 3 aromatic heterocycles. The van der Waals surface area contributed by atoms with E-state index in [1.807, 2.05) is 6.07 Å². The van der Waals surface area contributed by atoms with Crippen LogP contribution in [0.3, 0.4) is 0 Å². The zero-order chi connectivity index (χ0) is 18.6. The lowest BCUT2D eigenvalue weighted by molar-refractivity contribution is 0.628. The summed E-state index contributed by atoms with van der Waals surface area (Å²) in [4.78, 5) is 4.24. The summed E-state index contributed by atoms with van der Waals surface area (Å²) in [6.45, 7) is 0. The van der Waals surface area contributed by atoms with Gasteiger partial charge < -0.3 is 5.32 Å². The van der Waals surface area contributed by atoms with Crippen LogP contribution in [0.15, 0.2) is 67.0 Å². The normalized spacial score (nSPS) is 10.4. The zero-order valence-corrected chi connectivity index (χ0v) is 13.9. The zero-order valence-electron chi connectivity index (χ0n) is 13.9. The molecule has 3 heterocycles. The van der Waals surface area contributed by atoms with E-state index in [0.717, 1.165) is 5.56 Å². The van der Waals surface area contributed by atoms with Crippen molar-refractivity contribution in [3.63, 3.8) is 0 Å². The predicted molar refractivity (Wildman–Crippen MR) is 96.8 cm³/mol. The third-order valence-corrected chi connectivity index (χ3v) is 3.81. The first-order valence-corrected chi connectivity index (χ1v) is 8.01. The van der Waals surface area contributed by atoms with E-state index in [1.165, 1.54) is 23.0 Å². The number of benzene rings is 1. The van der Waals surface area contributed by atoms with Crippen LogP contribution in [0.2, 0.25) is 0 Å². The van der Waals surface area contributed by atoms with Crippen molar-refractivity contribution in [2.75, 3.05) is 5.32 Å². The molecule has 1 N–H and O–H groups in total. The molecule has 4 aromatic rings. The lowest BCUT2D eigenvalue weighted by Gasteiger charge is -2.09. The molecule has 0 fully saturated rings. The molecule has 0 aliphatic heterocycles. The molecule has 0 spiro atoms. The first-order chi connectivity index (χ1) is 13.2. The van der Waals surface area contributed by atoms with E-state index >= 15 is 0 Å². The maximum Gasteiger partial charge on any atom is 0.155 e. The van der Waals surface area contributed by atoms with E-state index in [4.69, 9.17) is 0 Å². The maximum atomic E-state index is 13.0. The van der Waals surface area contributed by atoms with Gasteiger partial charge in [0.15, 0.2) is 17.5 Å². The van der Waals surface area contributed by atoms with Gasteiger partial charge in [-0.3, -0.25) is 0 Å². The van der Waals surface area contributed by atoms with Crippen molar-refractivity contribution >= 4 is 11.6 Å². The van der Waals surface area contributed by atoms with Gasteiger partial charge in [-0.05, 0) is 48.5 Å². The van der Waals surface area contributed by atoms with Gasteiger partial charge in [0.25, 0.3) is 0 Å². The van der Waals surface area contributed by atoms with Crippen molar-refractivity contribution in [3.05, 3.63) is 78.4 Å². The topological polar surface area (TPSA) is 92.3 Å². The van der Waals surface area contributed by atoms with E-state index in [-0.39, 0.29) is 5.82 Å². The fraction of sp³-hybridized carbons (Fsp3) is 0. The minimum absolute atomic E-state index is 0.309. The highest BCUT2D eigenvalue weighted by molar-refractivity contribution is 5.64. The Labute approximate surface area is 153 Å². The van der Waals surface area contributed by atoms with Gasteiger partial charge in [0.2, 0.25) is 0 Å². The number of anilines is 2. The lowest BCUT2D eigenvalue weighted by atomic mass is 10.1. The summed E-state index contributed by atoms with van der Waals surface area (Å²) in [5.41, 5.74) is 1.72. The van der Waals surface area contributed by atoms with Crippen LogP contribution >= 0.6 is 0 Å². The molecule has 4 rings (SSSR count). The van der Waals surface area contributed by atoms with E-state index in [2.05, 4.69) is 31.7 Å². The molecule has 0 saturated heterocycles. The number of rotatable bonds is 4. The van der Waals surface area contributed by atoms with Gasteiger partial charge in [0, 0.05) is 11.8 Å². The molecule has 0 aliphatic carbocycles. The third-order valence-electron chi connectivity index (χ3n) is 3.81. The Balaban J connectivity index is 1.64. The first kappa shape index (κ1) is 16.4. The Hall–Kier alpha value is -4.12. The van der Waals surface area contributed by atoms with Gasteiger partial charge in [-0.15, -0.1) is 10.2 Å². The molecule has 27 heavy (non-hydrogen) atoms. The summed E-state index contributed by atoms with van der Waals surface area (Å²) in [6, 6.07) is 17.0. The highest BCUT2D eigenvalue weighted by atomic mass is 19.1. The van der Waals surface area contributed by atoms with E-state index in [1.54, 1.807) is 42.6 Å². The second-order valence-electron chi connectivity index (χ2n) is 5.55. The average molecular weight is 357 g/mol. The Kier molecular flexibility index (Phi) is 4.25. The molecule has 0 unspecified atom stereocenters. The summed E-state index contributed by atoms with van der Waals surface area (Å²) in [6.07, 6.45) is 3.10. The van der Waals surface area contributed by atoms with E-state index < -0.39 is 0 Å². The van der Waals surface area contributed by atoms with Gasteiger partial charge in [0.1, 0.15) is 17.4 Å². The van der Waals surface area contributed by atoms with Crippen molar-refractivity contribution in [2.24, 2.45) is 0 Å². The number of pyridine rings is 1. The summed E-state index contributed by atoms with van der Waals surface area (Å²) in [5, 5.41) is 24.9. The molecular formula is C19H12FN7. The Morgan fingerprint density at radius 2 is 1.85 bits per heavy atom. The summed E-state index contributed by atoms with van der Waals surface area (Å²) in [5.74, 6) is 1.14. The van der Waals surface area contributed by atoms with Crippen LogP contribution in [0, 0.1) is 17.1 Å². The molecule has 0 atom stereocenters. The van der Waals surface area contributed by atoms with Crippen molar-refractivity contribution in [2.45, 2.75) is 0 Å². The molecule has 0 saturated carbocycles. The van der Waals surface area contributed by atoms with Gasteiger partial charge >= 0.3 is 0 Å². The third kappa shape index (κ3) is 3.34. The number of halogens is 1. The van der Waals surface area contributed by atoms with Gasteiger partial charge in [-0.1, -0.05) is 6.07 Å². The van der Waals surface area contributed by atoms with Crippen LogP contribution in [0.25, 0.3) is 17.1 Å². The van der Waals surface area contributed by atoms with Crippen LogP contribution in [0.1, 0.15) is 5.56 Å². The number of nitrogens with one attached hydrogen (secondary N) is 1. The van der Waals surface area contributed by atoms with Crippen LogP contribution in [0.4, 0.5) is 16.0 Å². The highest BCUT2D eigenvalue weighted by Gasteiger charge is 2.14. The predicted octanol–water partition coefficient (Wildman–Crippen LogP) is 3.48. The summed E-state index contributed by atoms with van der Waals surface area (Å²) >= 11 is 0. The van der Waals surface area contributed by atoms with Crippen LogP contribution in [-0.2, 0) is 0 Å². The Morgan fingerprint density at radius 1 is 1.00 bits per heavy atom. The minimum atomic E-state index is -0.309. The Bertz CT molecular complexity index is 1100. The highest BCUT2D eigenvalue weighted by Crippen LogP contribution is 2.23. The Morgan fingerprint density at radius 3 is 2.52 bits per heavy atom. The van der Waals surface area contributed by atoms with Crippen molar-refractivity contribution < 1.29 is 4.39 Å². The van der Waals surface area contributed by atoms with Crippen molar-refractivity contribution in [1.29, 1.82) is 5.26 Å². The number of nitrogens with zero attached hydrogens (tertiary/aromatic N) is 6. The molecule has 7 nitrogen and oxygen atoms in total. The number of hydrogen-bond donors (Lipinski definition) is 1. The van der Waals surface area contributed by atoms with E-state index in [0.29, 0.717) is 28.7 Å². The molecule has 0 amide bonds. The smallest absolute Gasteiger partial charge is 0.155 e. The molecule has 1 aromatic carbocycles. The largest absolute Gasteiger partial charge is 0.322 e. The molecule has 130 valence electrons. The second-order valence-corrected chi connectivity index (χ2v) is 5.55. The fourth-order valence-corrected chi connectivity index (χ4v) is 2.50. The average Bonchev–Trinajstić information content (AvgIpc) is 3.12. The molecule has 8 heteroatoms. The lowest BCUT2D eigenvalue weighted by Crippen LogP contribution is -2.06. The van der Waals surface area contributed by atoms with Crippen LogP contribution in [0.5, 0.6) is 0 Å². The van der Waals surface area contributed by atoms with Crippen molar-refractivity contribution in [1.82, 2.24) is 25.0 Å². The maximum absolute atomic E-state index is 13.0. The van der Waals surface area contributed by atoms with Gasteiger partial charge in [-0.2, -0.15) is 15.0 Å². The minimum Gasteiger partial charge on any atom is -0.322 e. The van der Waals surface area contributed by atoms with E-state index in [9.17, 15) is 9.65 Å². The number of hydrogen-bond acceptors (Lipinski definition) is 6. The van der Waals surface area contributed by atoms with Crippen LogP contribution < -0.4 is 5.32 Å². The molecule has 0 bridgehead atoms. The second kappa shape index (κ2) is 7.01. The molecule has 0 radical (unpaired) electrons. The summed E-state index contributed by atoms with van der Waals surface area (Å²) < 4.78 is 14.6. The van der Waals surface area contributed by atoms with Crippen LogP contribution in [-0.4, -0.2) is 25.0 Å². The van der Waals surface area contributed by atoms with Crippen molar-refractivity contribution in [3.8, 4) is 23.1 Å². The quantitative estimate of drug-likeness (QED) is 0.601. The standard InChI is InChI=1S/C19H12FN7/c20-15-6-4-13(5-7-15)16-8-9-17(26-25-16)24-19-14(11-21)12-23-27(19)18-3-1-2-10-22-18/h1-10,12H,(H,24,26). The monoisotopic (exact) mass is 357 g/mol. The van der Waals surface area contributed by atoms with Gasteiger partial charge in [0.05, 0.1) is 11.9 Å². The fourth-order valence-electron chi connectivity index (χ4n) is 2.50. The molecular weight excluding hydrogens is 345 g/mol. The summed E-state index contributed by atoms with van der Waals surface area (Å²) in [7, 11) is 0. The van der Waals surface area contributed by atoms with Gasteiger partial charge in [-0.25, -0.2) is 9.37 Å². The number of aromatic nitrogens is 5. The first-order valence-electron chi connectivity index (χ1n) is 8.01.